The van der Waals surface area contributed by atoms with Crippen LogP contribution in [0.4, 0.5) is 0 Å². The predicted octanol–water partition coefficient (Wildman–Crippen LogP) is 3.55. The van der Waals surface area contributed by atoms with Crippen molar-refractivity contribution in [2.75, 3.05) is 19.7 Å². The molecule has 32 heavy (non-hydrogen) atoms. The molecule has 1 aromatic heterocycles. The number of aromatic hydroxyl groups is 1. The number of unbranched alkanes of at least 4 members (excludes halogenated alkanes) is 1. The molecule has 0 amide bonds. The molecule has 6 heteroatoms. The smallest absolute Gasteiger partial charge is 0.139 e. The third-order valence-corrected chi connectivity index (χ3v) is 5.29. The molecule has 0 aliphatic rings. The highest BCUT2D eigenvalue weighted by atomic mass is 16.5. The number of ether oxygens (including phenoxy) is 1. The first-order valence-electron chi connectivity index (χ1n) is 11.1. The zero-order valence-electron chi connectivity index (χ0n) is 18.3. The van der Waals surface area contributed by atoms with Crippen molar-refractivity contribution < 1.29 is 20.1 Å². The molecule has 1 heterocycles. The number of aliphatic hydroxyl groups excluding tert-OH is 2. The van der Waals surface area contributed by atoms with E-state index in [4.69, 9.17) is 4.74 Å². The highest BCUT2D eigenvalue weighted by Crippen LogP contribution is 2.18. The van der Waals surface area contributed by atoms with Gasteiger partial charge in [-0.25, -0.2) is 4.98 Å². The molecular formula is C26H32N2O4. The quantitative estimate of drug-likeness (QED) is 0.306. The minimum absolute atomic E-state index is 0.0731. The highest BCUT2D eigenvalue weighted by molar-refractivity contribution is 5.28. The first-order chi connectivity index (χ1) is 15.7. The van der Waals surface area contributed by atoms with Crippen LogP contribution in [0.15, 0.2) is 66.7 Å². The molecule has 4 N–H and O–H groups in total. The number of aryl methyl sites for hydroxylation is 1. The van der Waals surface area contributed by atoms with Crippen molar-refractivity contribution in [2.45, 2.75) is 38.4 Å². The van der Waals surface area contributed by atoms with Gasteiger partial charge in [-0.2, -0.15) is 0 Å². The second-order valence-corrected chi connectivity index (χ2v) is 7.77. The van der Waals surface area contributed by atoms with Crippen molar-refractivity contribution >= 4 is 0 Å². The van der Waals surface area contributed by atoms with E-state index in [0.717, 1.165) is 38.0 Å². The average Bonchev–Trinajstić information content (AvgIpc) is 2.83. The Morgan fingerprint density at radius 3 is 2.38 bits per heavy atom. The van der Waals surface area contributed by atoms with Crippen molar-refractivity contribution in [3.63, 3.8) is 0 Å². The van der Waals surface area contributed by atoms with Gasteiger partial charge in [0.2, 0.25) is 0 Å². The zero-order valence-corrected chi connectivity index (χ0v) is 18.3. The number of hydrogen-bond acceptors (Lipinski definition) is 6. The van der Waals surface area contributed by atoms with Crippen molar-refractivity contribution in [1.82, 2.24) is 10.3 Å². The van der Waals surface area contributed by atoms with Gasteiger partial charge in [-0.1, -0.05) is 42.5 Å². The Bertz CT molecular complexity index is 932. The van der Waals surface area contributed by atoms with Crippen LogP contribution in [-0.4, -0.2) is 40.0 Å². The van der Waals surface area contributed by atoms with Crippen LogP contribution in [0.2, 0.25) is 0 Å². The molecule has 0 radical (unpaired) electrons. The summed E-state index contributed by atoms with van der Waals surface area (Å²) in [6.45, 7) is 1.40. The second-order valence-electron chi connectivity index (χ2n) is 7.77. The Labute approximate surface area is 189 Å². The maximum Gasteiger partial charge on any atom is 0.139 e. The Kier molecular flexibility index (Phi) is 9.50. The number of aromatic nitrogens is 1. The van der Waals surface area contributed by atoms with Gasteiger partial charge >= 0.3 is 0 Å². The molecule has 0 bridgehead atoms. The second kappa shape index (κ2) is 12.8. The fraction of sp³-hybridized carbons (Fsp3) is 0.346. The third-order valence-electron chi connectivity index (χ3n) is 5.29. The molecular weight excluding hydrogens is 404 g/mol. The molecule has 3 aromatic rings. The standard InChI is InChI=1S/C26H32N2O4/c29-19-24-25(30)14-13-23(28-24)26(31)18-27-16-15-21-9-11-22(12-10-21)32-17-5-4-8-20-6-2-1-3-7-20/h1-3,6-7,9-14,26-27,29-31H,4-5,8,15-19H2. The number of pyridine rings is 1. The molecule has 170 valence electrons. The fourth-order valence-electron chi connectivity index (χ4n) is 3.41. The van der Waals surface area contributed by atoms with Gasteiger partial charge in [0.1, 0.15) is 23.3 Å². The summed E-state index contributed by atoms with van der Waals surface area (Å²) in [5.41, 5.74) is 3.14. The molecule has 0 spiro atoms. The number of hydrogen-bond donors (Lipinski definition) is 4. The van der Waals surface area contributed by atoms with Gasteiger partial charge in [0.05, 0.1) is 18.9 Å². The minimum atomic E-state index is -0.807. The van der Waals surface area contributed by atoms with Crippen LogP contribution in [-0.2, 0) is 19.4 Å². The summed E-state index contributed by atoms with van der Waals surface area (Å²) in [5.74, 6) is 0.811. The lowest BCUT2D eigenvalue weighted by molar-refractivity contribution is 0.169. The van der Waals surface area contributed by atoms with Crippen molar-refractivity contribution in [3.8, 4) is 11.5 Å². The van der Waals surface area contributed by atoms with Gasteiger partial charge in [-0.05, 0) is 67.6 Å². The number of nitrogens with one attached hydrogen (secondary N) is 1. The van der Waals surface area contributed by atoms with E-state index in [1.165, 1.54) is 17.2 Å². The Morgan fingerprint density at radius 1 is 0.875 bits per heavy atom. The number of aliphatic hydroxyl groups is 2. The maximum absolute atomic E-state index is 10.2. The first kappa shape index (κ1) is 23.7. The van der Waals surface area contributed by atoms with Gasteiger partial charge < -0.3 is 25.4 Å². The van der Waals surface area contributed by atoms with Gasteiger partial charge in [-0.15, -0.1) is 0 Å². The molecule has 0 aliphatic carbocycles. The van der Waals surface area contributed by atoms with Crippen molar-refractivity contribution in [2.24, 2.45) is 0 Å². The van der Waals surface area contributed by atoms with Crippen LogP contribution < -0.4 is 10.1 Å². The SMILES string of the molecule is OCc1nc(C(O)CNCCc2ccc(OCCCCc3ccccc3)cc2)ccc1O. The first-order valence-corrected chi connectivity index (χ1v) is 11.1. The van der Waals surface area contributed by atoms with Crippen LogP contribution in [0.25, 0.3) is 0 Å². The molecule has 0 saturated heterocycles. The van der Waals surface area contributed by atoms with Crippen LogP contribution >= 0.6 is 0 Å². The Morgan fingerprint density at radius 2 is 1.62 bits per heavy atom. The van der Waals surface area contributed by atoms with Crippen molar-refractivity contribution in [1.29, 1.82) is 0 Å². The number of benzene rings is 2. The topological polar surface area (TPSA) is 94.8 Å². The van der Waals surface area contributed by atoms with E-state index >= 15 is 0 Å². The zero-order chi connectivity index (χ0) is 22.6. The van der Waals surface area contributed by atoms with Gasteiger partial charge in [0.25, 0.3) is 0 Å². The molecule has 6 nitrogen and oxygen atoms in total. The monoisotopic (exact) mass is 436 g/mol. The van der Waals surface area contributed by atoms with Gasteiger partial charge in [0.15, 0.2) is 0 Å². The predicted molar refractivity (Wildman–Crippen MR) is 125 cm³/mol. The van der Waals surface area contributed by atoms with Crippen LogP contribution in [0.3, 0.4) is 0 Å². The molecule has 0 saturated carbocycles. The lowest BCUT2D eigenvalue weighted by Crippen LogP contribution is -2.24. The number of rotatable bonds is 13. The minimum Gasteiger partial charge on any atom is -0.506 e. The lowest BCUT2D eigenvalue weighted by atomic mass is 10.1. The van der Waals surface area contributed by atoms with E-state index in [0.29, 0.717) is 18.8 Å². The van der Waals surface area contributed by atoms with E-state index in [2.05, 4.69) is 46.7 Å². The van der Waals surface area contributed by atoms with E-state index < -0.39 is 6.10 Å². The Hall–Kier alpha value is -2.93. The van der Waals surface area contributed by atoms with Gasteiger partial charge in [0, 0.05) is 6.54 Å². The van der Waals surface area contributed by atoms with E-state index in [1.54, 1.807) is 6.07 Å². The van der Waals surface area contributed by atoms with E-state index in [9.17, 15) is 15.3 Å². The summed E-state index contributed by atoms with van der Waals surface area (Å²) in [5, 5.41) is 32.2. The van der Waals surface area contributed by atoms with E-state index in [-0.39, 0.29) is 18.1 Å². The summed E-state index contributed by atoms with van der Waals surface area (Å²) < 4.78 is 5.84. The highest BCUT2D eigenvalue weighted by Gasteiger charge is 2.11. The molecule has 2 aromatic carbocycles. The summed E-state index contributed by atoms with van der Waals surface area (Å²) >= 11 is 0. The van der Waals surface area contributed by atoms with Crippen LogP contribution in [0.5, 0.6) is 11.5 Å². The van der Waals surface area contributed by atoms with Crippen LogP contribution in [0, 0.1) is 0 Å². The van der Waals surface area contributed by atoms with Crippen molar-refractivity contribution in [3.05, 3.63) is 89.2 Å². The molecule has 3 rings (SSSR count). The van der Waals surface area contributed by atoms with E-state index in [1.807, 2.05) is 18.2 Å². The third kappa shape index (κ3) is 7.64. The number of nitrogens with zero attached hydrogens (tertiary/aromatic N) is 1. The summed E-state index contributed by atoms with van der Waals surface area (Å²) in [4.78, 5) is 4.08. The largest absolute Gasteiger partial charge is 0.506 e. The summed E-state index contributed by atoms with van der Waals surface area (Å²) in [6, 6.07) is 21.6. The van der Waals surface area contributed by atoms with Crippen LogP contribution in [0.1, 0.15) is 41.5 Å². The molecule has 0 fully saturated rings. The molecule has 1 unspecified atom stereocenters. The summed E-state index contributed by atoms with van der Waals surface area (Å²) in [6.07, 6.45) is 3.24. The maximum atomic E-state index is 10.2. The Balaban J connectivity index is 1.30. The fourth-order valence-corrected chi connectivity index (χ4v) is 3.41. The summed E-state index contributed by atoms with van der Waals surface area (Å²) in [7, 11) is 0. The lowest BCUT2D eigenvalue weighted by Gasteiger charge is -2.13. The molecule has 0 aliphatic heterocycles. The van der Waals surface area contributed by atoms with Gasteiger partial charge in [-0.3, -0.25) is 0 Å². The normalized spacial score (nSPS) is 11.9. The molecule has 1 atom stereocenters. The average molecular weight is 437 g/mol.